The average molecular weight is 319 g/mol. The number of hydrogen-bond donors (Lipinski definition) is 4. The molecule has 0 bridgehead atoms. The van der Waals surface area contributed by atoms with E-state index in [0.29, 0.717) is 0 Å². The molecule has 9 heteroatoms. The molecule has 0 radical (unpaired) electrons. The van der Waals surface area contributed by atoms with Gasteiger partial charge in [0, 0.05) is 27.6 Å². The van der Waals surface area contributed by atoms with Gasteiger partial charge < -0.3 is 20.4 Å². The molecule has 110 valence electrons. The van der Waals surface area contributed by atoms with Crippen LogP contribution in [0.4, 0.5) is 0 Å². The van der Waals surface area contributed by atoms with Crippen LogP contribution >= 0.6 is 0 Å². The topological polar surface area (TPSA) is 149 Å². The maximum atomic E-state index is 9.87. The molecule has 0 amide bonds. The molecule has 0 heterocycles. The Morgan fingerprint density at radius 2 is 0.895 bits per heavy atom. The molecule has 0 atom stereocenters. The second-order valence-corrected chi connectivity index (χ2v) is 2.96. The Hall–Kier alpha value is -2.15. The molecule has 0 rings (SSSR count). The van der Waals surface area contributed by atoms with Crippen LogP contribution in [0.25, 0.3) is 0 Å². The zero-order valence-electron chi connectivity index (χ0n) is 9.57. The molecule has 0 saturated heterocycles. The van der Waals surface area contributed by atoms with E-state index in [1.54, 1.807) is 0 Å². The summed E-state index contributed by atoms with van der Waals surface area (Å²) in [5, 5.41) is 32.2. The molecule has 0 spiro atoms. The van der Waals surface area contributed by atoms with Crippen LogP contribution < -0.4 is 0 Å². The third-order valence-corrected chi connectivity index (χ3v) is 1.33. The molecule has 0 aliphatic heterocycles. The summed E-state index contributed by atoms with van der Waals surface area (Å²) in [6.07, 6.45) is -1.01. The number of carboxylic acids is 4. The van der Waals surface area contributed by atoms with Gasteiger partial charge in [0.1, 0.15) is 0 Å². The van der Waals surface area contributed by atoms with Crippen LogP contribution in [-0.2, 0) is 35.7 Å². The first kappa shape index (κ1) is 22.1. The van der Waals surface area contributed by atoms with E-state index in [4.69, 9.17) is 20.4 Å². The molecule has 0 saturated carbocycles. The van der Waals surface area contributed by atoms with Crippen molar-refractivity contribution >= 4 is 23.9 Å². The number of aliphatic carboxylic acids is 4. The van der Waals surface area contributed by atoms with Crippen molar-refractivity contribution in [3.8, 4) is 0 Å². The van der Waals surface area contributed by atoms with Gasteiger partial charge in [-0.05, 0) is 0 Å². The number of carboxylic acid groups (broad SMARTS) is 4. The quantitative estimate of drug-likeness (QED) is 0.400. The van der Waals surface area contributed by atoms with Crippen molar-refractivity contribution in [1.29, 1.82) is 0 Å². The van der Waals surface area contributed by atoms with Gasteiger partial charge in [0.05, 0.1) is 12.8 Å². The summed E-state index contributed by atoms with van der Waals surface area (Å²) in [5.74, 6) is -4.89. The Bertz CT molecular complexity index is 360. The molecule has 4 N–H and O–H groups in total. The fourth-order valence-electron chi connectivity index (χ4n) is 0.516. The van der Waals surface area contributed by atoms with Crippen LogP contribution in [0.5, 0.6) is 0 Å². The van der Waals surface area contributed by atoms with E-state index in [9.17, 15) is 19.2 Å². The van der Waals surface area contributed by atoms with Crippen LogP contribution in [0.15, 0.2) is 24.3 Å². The minimum Gasteiger partial charge on any atom is -0.481 e. The second kappa shape index (κ2) is 11.0. The molecule has 0 aliphatic carbocycles. The van der Waals surface area contributed by atoms with Gasteiger partial charge >= 0.3 is 23.9 Å². The normalized spacial score (nSPS) is 8.00. The minimum absolute atomic E-state index is 0. The summed E-state index contributed by atoms with van der Waals surface area (Å²) in [4.78, 5) is 39.3. The van der Waals surface area contributed by atoms with Crippen LogP contribution in [0.1, 0.15) is 12.8 Å². The standard InChI is InChI=1S/2C5H6O4.Ni/c2*1-3(5(8)9)2-4(6)7;/h2*1-2H2,(H,6,7)(H,8,9);. The maximum absolute atomic E-state index is 9.87. The molecule has 19 heavy (non-hydrogen) atoms. The third-order valence-electron chi connectivity index (χ3n) is 1.33. The van der Waals surface area contributed by atoms with E-state index in [-0.39, 0.29) is 27.6 Å². The van der Waals surface area contributed by atoms with Gasteiger partial charge in [-0.3, -0.25) is 9.59 Å². The van der Waals surface area contributed by atoms with Gasteiger partial charge in [0.2, 0.25) is 0 Å². The summed E-state index contributed by atoms with van der Waals surface area (Å²) in [5.41, 5.74) is -0.606. The van der Waals surface area contributed by atoms with Crippen molar-refractivity contribution in [1.82, 2.24) is 0 Å². The van der Waals surface area contributed by atoms with Crippen molar-refractivity contribution in [3.05, 3.63) is 24.3 Å². The van der Waals surface area contributed by atoms with E-state index >= 15 is 0 Å². The Labute approximate surface area is 118 Å². The zero-order valence-corrected chi connectivity index (χ0v) is 10.6. The molecule has 0 unspecified atom stereocenters. The largest absolute Gasteiger partial charge is 0.481 e. The van der Waals surface area contributed by atoms with E-state index in [1.165, 1.54) is 0 Å². The van der Waals surface area contributed by atoms with E-state index in [0.717, 1.165) is 0 Å². The second-order valence-electron chi connectivity index (χ2n) is 2.96. The predicted octanol–water partition coefficient (Wildman–Crippen LogP) is 0.201. The van der Waals surface area contributed by atoms with Gasteiger partial charge in [0.15, 0.2) is 0 Å². The molecule has 0 aromatic rings. The smallest absolute Gasteiger partial charge is 0.331 e. The zero-order chi connectivity index (χ0) is 14.9. The van der Waals surface area contributed by atoms with Gasteiger partial charge in [-0.15, -0.1) is 0 Å². The Kier molecular flexibility index (Phi) is 12.7. The van der Waals surface area contributed by atoms with Gasteiger partial charge in [-0.1, -0.05) is 13.2 Å². The first-order chi connectivity index (χ1) is 8.07. The Morgan fingerprint density at radius 1 is 0.684 bits per heavy atom. The molecular formula is C10H12NiO8. The van der Waals surface area contributed by atoms with Gasteiger partial charge in [-0.25, -0.2) is 9.59 Å². The maximum Gasteiger partial charge on any atom is 0.331 e. The number of carbonyl (C=O) groups is 4. The minimum atomic E-state index is -1.27. The monoisotopic (exact) mass is 318 g/mol. The molecule has 0 aliphatic rings. The molecule has 0 fully saturated rings. The fraction of sp³-hybridized carbons (Fsp3) is 0.200. The Balaban J connectivity index is -0.000000256. The molecule has 0 aromatic carbocycles. The first-order valence-electron chi connectivity index (χ1n) is 4.33. The molecular weight excluding hydrogens is 307 g/mol. The summed E-state index contributed by atoms with van der Waals surface area (Å²) in [7, 11) is 0. The van der Waals surface area contributed by atoms with Crippen LogP contribution in [0.3, 0.4) is 0 Å². The van der Waals surface area contributed by atoms with Crippen molar-refractivity contribution in [2.75, 3.05) is 0 Å². The average Bonchev–Trinajstić information content (AvgIpc) is 2.16. The Morgan fingerprint density at radius 3 is 0.947 bits per heavy atom. The number of hydrogen-bond acceptors (Lipinski definition) is 4. The van der Waals surface area contributed by atoms with Gasteiger partial charge in [0.25, 0.3) is 0 Å². The van der Waals surface area contributed by atoms with Crippen LogP contribution in [-0.4, -0.2) is 44.3 Å². The van der Waals surface area contributed by atoms with Crippen LogP contribution in [0.2, 0.25) is 0 Å². The summed E-state index contributed by atoms with van der Waals surface area (Å²) in [6, 6.07) is 0. The fourth-order valence-corrected chi connectivity index (χ4v) is 0.516. The SMILES string of the molecule is C=C(CC(=O)O)C(=O)O.C=C(CC(=O)O)C(=O)O.[Ni]. The predicted molar refractivity (Wildman–Crippen MR) is 58.1 cm³/mol. The van der Waals surface area contributed by atoms with Crippen molar-refractivity contribution in [2.45, 2.75) is 12.8 Å². The summed E-state index contributed by atoms with van der Waals surface area (Å²) in [6.45, 7) is 6.03. The summed E-state index contributed by atoms with van der Waals surface area (Å²) >= 11 is 0. The van der Waals surface area contributed by atoms with E-state index < -0.39 is 36.7 Å². The van der Waals surface area contributed by atoms with Crippen LogP contribution in [0, 0.1) is 0 Å². The summed E-state index contributed by atoms with van der Waals surface area (Å²) < 4.78 is 0. The third kappa shape index (κ3) is 15.9. The molecule has 8 nitrogen and oxygen atoms in total. The van der Waals surface area contributed by atoms with Gasteiger partial charge in [-0.2, -0.15) is 0 Å². The first-order valence-corrected chi connectivity index (χ1v) is 4.33. The number of rotatable bonds is 6. The van der Waals surface area contributed by atoms with Crippen molar-refractivity contribution < 1.29 is 56.1 Å². The van der Waals surface area contributed by atoms with E-state index in [2.05, 4.69) is 13.2 Å². The van der Waals surface area contributed by atoms with Crippen molar-refractivity contribution in [3.63, 3.8) is 0 Å². The van der Waals surface area contributed by atoms with E-state index in [1.807, 2.05) is 0 Å². The van der Waals surface area contributed by atoms with Crippen molar-refractivity contribution in [2.24, 2.45) is 0 Å². The molecule has 0 aromatic heterocycles.